The second-order valence-electron chi connectivity index (χ2n) is 8.49. The molecule has 0 fully saturated rings. The minimum atomic E-state index is -0.267. The molecule has 2 aromatic carbocycles. The van der Waals surface area contributed by atoms with Crippen LogP contribution in [0.2, 0.25) is 0 Å². The molecule has 0 saturated carbocycles. The van der Waals surface area contributed by atoms with Gasteiger partial charge in [0, 0.05) is 28.9 Å². The van der Waals surface area contributed by atoms with Crippen LogP contribution in [0.15, 0.2) is 52.9 Å². The predicted octanol–water partition coefficient (Wildman–Crippen LogP) is 6.80. The number of thiazole rings is 1. The van der Waals surface area contributed by atoms with Gasteiger partial charge in [-0.15, -0.1) is 22.7 Å². The fraction of sp³-hybridized carbons (Fsp3) is 0.259. The third-order valence-corrected chi connectivity index (χ3v) is 8.54. The van der Waals surface area contributed by atoms with Gasteiger partial charge in [0.25, 0.3) is 5.91 Å². The van der Waals surface area contributed by atoms with Crippen molar-refractivity contribution in [2.75, 3.05) is 25.0 Å². The first-order valence-corrected chi connectivity index (χ1v) is 13.5. The zero-order chi connectivity index (χ0) is 23.9. The van der Waals surface area contributed by atoms with Crippen molar-refractivity contribution in [1.29, 1.82) is 0 Å². The zero-order valence-corrected chi connectivity index (χ0v) is 21.2. The standard InChI is InChI=1S/C27H25N3O3S2/c1-3-30-13-12-17-22(15-30)35-27(23(17)26-28-18-9-5-6-11-21(18)34-26)29-25(31)20-14-16-8-7-10-19(32-4-2)24(16)33-20/h5-11,14H,3-4,12-13,15H2,1-2H3,(H,29,31). The second-order valence-corrected chi connectivity index (χ2v) is 10.6. The van der Waals surface area contributed by atoms with Gasteiger partial charge < -0.3 is 14.5 Å². The van der Waals surface area contributed by atoms with Crippen molar-refractivity contribution >= 4 is 54.8 Å². The number of nitrogens with zero attached hydrogens (tertiary/aromatic N) is 2. The number of rotatable bonds is 6. The lowest BCUT2D eigenvalue weighted by Gasteiger charge is -2.25. The Morgan fingerprint density at radius 2 is 2.06 bits per heavy atom. The summed E-state index contributed by atoms with van der Waals surface area (Å²) >= 11 is 3.33. The number of benzene rings is 2. The van der Waals surface area contributed by atoms with E-state index >= 15 is 0 Å². The number of anilines is 1. The van der Waals surface area contributed by atoms with Gasteiger partial charge in [-0.1, -0.05) is 31.2 Å². The Hall–Kier alpha value is -3.20. The number of para-hydroxylation sites is 2. The number of thiophene rings is 1. The molecule has 6 nitrogen and oxygen atoms in total. The number of likely N-dealkylation sites (N-methyl/N-ethyl adjacent to an activating group) is 1. The van der Waals surface area contributed by atoms with E-state index in [0.29, 0.717) is 17.9 Å². The molecule has 35 heavy (non-hydrogen) atoms. The molecule has 8 heteroatoms. The summed E-state index contributed by atoms with van der Waals surface area (Å²) in [5.41, 5.74) is 3.94. The van der Waals surface area contributed by atoms with Gasteiger partial charge in [-0.25, -0.2) is 4.98 Å². The Balaban J connectivity index is 1.40. The quantitative estimate of drug-likeness (QED) is 0.276. The molecule has 0 aliphatic carbocycles. The topological polar surface area (TPSA) is 67.6 Å². The highest BCUT2D eigenvalue weighted by Crippen LogP contribution is 2.46. The molecular formula is C27H25N3O3S2. The molecule has 0 unspecified atom stereocenters. The van der Waals surface area contributed by atoms with Gasteiger partial charge in [0.05, 0.1) is 16.8 Å². The molecule has 178 valence electrons. The minimum Gasteiger partial charge on any atom is -0.490 e. The highest BCUT2D eigenvalue weighted by atomic mass is 32.1. The Bertz CT molecular complexity index is 1520. The Morgan fingerprint density at radius 3 is 2.89 bits per heavy atom. The maximum atomic E-state index is 13.4. The van der Waals surface area contributed by atoms with Crippen LogP contribution >= 0.6 is 22.7 Å². The van der Waals surface area contributed by atoms with Crippen LogP contribution in [0.5, 0.6) is 5.75 Å². The van der Waals surface area contributed by atoms with E-state index in [1.54, 1.807) is 28.7 Å². The largest absolute Gasteiger partial charge is 0.490 e. The molecule has 1 amide bonds. The summed E-state index contributed by atoms with van der Waals surface area (Å²) in [4.78, 5) is 22.0. The number of carbonyl (C=O) groups is 1. The van der Waals surface area contributed by atoms with Crippen LogP contribution in [-0.4, -0.2) is 35.5 Å². The lowest BCUT2D eigenvalue weighted by molar-refractivity contribution is 0.0999. The molecule has 0 spiro atoms. The van der Waals surface area contributed by atoms with Crippen LogP contribution < -0.4 is 10.1 Å². The van der Waals surface area contributed by atoms with Crippen LogP contribution in [0.25, 0.3) is 31.8 Å². The van der Waals surface area contributed by atoms with E-state index in [-0.39, 0.29) is 11.7 Å². The minimum absolute atomic E-state index is 0.267. The van der Waals surface area contributed by atoms with Gasteiger partial charge in [0.2, 0.25) is 0 Å². The van der Waals surface area contributed by atoms with Crippen molar-refractivity contribution in [1.82, 2.24) is 9.88 Å². The molecule has 5 aromatic rings. The fourth-order valence-electron chi connectivity index (χ4n) is 4.60. The van der Waals surface area contributed by atoms with Crippen molar-refractivity contribution in [3.8, 4) is 16.3 Å². The predicted molar refractivity (Wildman–Crippen MR) is 143 cm³/mol. The van der Waals surface area contributed by atoms with Gasteiger partial charge >= 0.3 is 0 Å². The average molecular weight is 504 g/mol. The van der Waals surface area contributed by atoms with Crippen LogP contribution in [0, 0.1) is 0 Å². The van der Waals surface area contributed by atoms with Crippen molar-refractivity contribution in [3.63, 3.8) is 0 Å². The lowest BCUT2D eigenvalue weighted by Crippen LogP contribution is -2.29. The third kappa shape index (κ3) is 4.01. The number of amides is 1. The Morgan fingerprint density at radius 1 is 1.17 bits per heavy atom. The first-order valence-electron chi connectivity index (χ1n) is 11.8. The summed E-state index contributed by atoms with van der Waals surface area (Å²) in [6.45, 7) is 7.56. The van der Waals surface area contributed by atoms with E-state index in [1.165, 1.54) is 10.4 Å². The SMILES string of the molecule is CCOc1cccc2cc(C(=O)Nc3sc4c(c3-c3nc5ccccc5s3)CCN(CC)C4)oc12. The van der Waals surface area contributed by atoms with E-state index in [1.807, 2.05) is 43.3 Å². The van der Waals surface area contributed by atoms with Crippen molar-refractivity contribution < 1.29 is 13.9 Å². The monoisotopic (exact) mass is 503 g/mol. The third-order valence-electron chi connectivity index (χ3n) is 6.35. The smallest absolute Gasteiger partial charge is 0.292 e. The number of hydrogen-bond donors (Lipinski definition) is 1. The summed E-state index contributed by atoms with van der Waals surface area (Å²) in [6, 6.07) is 15.6. The Kier molecular flexibility index (Phi) is 5.80. The van der Waals surface area contributed by atoms with E-state index in [0.717, 1.165) is 57.2 Å². The zero-order valence-electron chi connectivity index (χ0n) is 19.6. The molecule has 0 saturated heterocycles. The summed E-state index contributed by atoms with van der Waals surface area (Å²) in [5.74, 6) is 0.645. The van der Waals surface area contributed by atoms with Gasteiger partial charge in [-0.2, -0.15) is 0 Å². The maximum absolute atomic E-state index is 13.4. The van der Waals surface area contributed by atoms with Crippen LogP contribution in [0.1, 0.15) is 34.8 Å². The van der Waals surface area contributed by atoms with E-state index in [9.17, 15) is 4.79 Å². The summed E-state index contributed by atoms with van der Waals surface area (Å²) in [5, 5.41) is 5.80. The molecule has 1 aliphatic rings. The molecule has 1 aliphatic heterocycles. The van der Waals surface area contributed by atoms with Crippen LogP contribution in [0.3, 0.4) is 0 Å². The van der Waals surface area contributed by atoms with Crippen molar-refractivity contribution in [2.24, 2.45) is 0 Å². The van der Waals surface area contributed by atoms with Gasteiger partial charge in [-0.3, -0.25) is 9.69 Å². The number of hydrogen-bond acceptors (Lipinski definition) is 7. The maximum Gasteiger partial charge on any atom is 0.292 e. The van der Waals surface area contributed by atoms with Crippen LogP contribution in [0.4, 0.5) is 5.00 Å². The first kappa shape index (κ1) is 22.3. The van der Waals surface area contributed by atoms with E-state index < -0.39 is 0 Å². The molecular weight excluding hydrogens is 478 g/mol. The van der Waals surface area contributed by atoms with Crippen LogP contribution in [-0.2, 0) is 13.0 Å². The van der Waals surface area contributed by atoms with Crippen molar-refractivity contribution in [3.05, 3.63) is 64.7 Å². The molecule has 4 heterocycles. The summed E-state index contributed by atoms with van der Waals surface area (Å²) in [7, 11) is 0. The molecule has 0 bridgehead atoms. The number of aromatic nitrogens is 1. The Labute approximate surface area is 211 Å². The normalized spacial score (nSPS) is 13.9. The second kappa shape index (κ2) is 9.11. The van der Waals surface area contributed by atoms with Crippen molar-refractivity contribution in [2.45, 2.75) is 26.8 Å². The molecule has 0 radical (unpaired) electrons. The lowest BCUT2D eigenvalue weighted by atomic mass is 10.0. The van der Waals surface area contributed by atoms with Gasteiger partial charge in [-0.05, 0) is 49.7 Å². The summed E-state index contributed by atoms with van der Waals surface area (Å²) in [6.07, 6.45) is 0.948. The number of furan rings is 1. The fourth-order valence-corrected chi connectivity index (χ4v) is 7.00. The molecule has 3 aromatic heterocycles. The number of carbonyl (C=O) groups excluding carboxylic acids is 1. The molecule has 1 N–H and O–H groups in total. The van der Waals surface area contributed by atoms with E-state index in [2.05, 4.69) is 23.2 Å². The highest BCUT2D eigenvalue weighted by molar-refractivity contribution is 7.23. The number of nitrogens with one attached hydrogen (secondary N) is 1. The molecule has 0 atom stereocenters. The highest BCUT2D eigenvalue weighted by Gasteiger charge is 2.28. The van der Waals surface area contributed by atoms with Gasteiger partial charge in [0.15, 0.2) is 17.1 Å². The summed E-state index contributed by atoms with van der Waals surface area (Å²) < 4.78 is 12.8. The van der Waals surface area contributed by atoms with E-state index in [4.69, 9.17) is 14.1 Å². The number of ether oxygens (including phenoxy) is 1. The molecule has 6 rings (SSSR count). The van der Waals surface area contributed by atoms with Gasteiger partial charge in [0.1, 0.15) is 10.0 Å². The first-order chi connectivity index (χ1) is 17.1. The number of fused-ring (bicyclic) bond motifs is 3. The average Bonchev–Trinajstić information content (AvgIpc) is 3.58.